The lowest BCUT2D eigenvalue weighted by Gasteiger charge is -1.99. The van der Waals surface area contributed by atoms with E-state index in [9.17, 15) is 9.18 Å². The summed E-state index contributed by atoms with van der Waals surface area (Å²) in [5.41, 5.74) is 1.07. The van der Waals surface area contributed by atoms with Gasteiger partial charge in [-0.2, -0.15) is 0 Å². The fraction of sp³-hybridized carbons (Fsp3) is 0. The molecule has 2 heteroatoms. The molecule has 15 heavy (non-hydrogen) atoms. The van der Waals surface area contributed by atoms with E-state index in [1.807, 2.05) is 0 Å². The van der Waals surface area contributed by atoms with E-state index in [0.717, 1.165) is 0 Å². The van der Waals surface area contributed by atoms with E-state index in [4.69, 9.17) is 0 Å². The number of rotatable bonds is 2. The van der Waals surface area contributed by atoms with Crippen LogP contribution in [0.5, 0.6) is 0 Å². The number of ketones is 1. The Hall–Kier alpha value is -1.96. The smallest absolute Gasteiger partial charge is 0.193 e. The Morgan fingerprint density at radius 2 is 1.47 bits per heavy atom. The average molecular weight is 199 g/mol. The summed E-state index contributed by atoms with van der Waals surface area (Å²) < 4.78 is 12.6. The van der Waals surface area contributed by atoms with Gasteiger partial charge in [0.1, 0.15) is 5.82 Å². The van der Waals surface area contributed by atoms with Crippen LogP contribution in [-0.2, 0) is 0 Å². The third-order valence-electron chi connectivity index (χ3n) is 2.09. The molecule has 0 aliphatic carbocycles. The lowest BCUT2D eigenvalue weighted by molar-refractivity contribution is 0.103. The van der Waals surface area contributed by atoms with Gasteiger partial charge in [0.15, 0.2) is 5.78 Å². The quantitative estimate of drug-likeness (QED) is 0.680. The zero-order chi connectivity index (χ0) is 10.7. The van der Waals surface area contributed by atoms with Crippen molar-refractivity contribution in [3.8, 4) is 0 Å². The van der Waals surface area contributed by atoms with Crippen molar-refractivity contribution in [1.29, 1.82) is 0 Å². The Balaban J connectivity index is 2.33. The first-order valence-corrected chi connectivity index (χ1v) is 4.54. The molecule has 0 bridgehead atoms. The van der Waals surface area contributed by atoms with E-state index in [1.165, 1.54) is 24.3 Å². The van der Waals surface area contributed by atoms with Gasteiger partial charge in [-0.05, 0) is 30.3 Å². The fourth-order valence-corrected chi connectivity index (χ4v) is 1.31. The lowest BCUT2D eigenvalue weighted by Crippen LogP contribution is -2.00. The van der Waals surface area contributed by atoms with Crippen LogP contribution < -0.4 is 0 Å². The number of hydrogen-bond acceptors (Lipinski definition) is 1. The van der Waals surface area contributed by atoms with Crippen LogP contribution >= 0.6 is 0 Å². The molecule has 2 rings (SSSR count). The third-order valence-corrected chi connectivity index (χ3v) is 2.09. The van der Waals surface area contributed by atoms with Gasteiger partial charge in [-0.3, -0.25) is 4.79 Å². The lowest BCUT2D eigenvalue weighted by atomic mass is 10.0. The Bertz CT molecular complexity index is 460. The molecule has 0 spiro atoms. The molecule has 0 heterocycles. The molecule has 2 aromatic carbocycles. The van der Waals surface area contributed by atoms with Crippen molar-refractivity contribution in [2.45, 2.75) is 0 Å². The SMILES string of the molecule is O=C(c1cc[c]cc1)c1ccc(F)cc1. The maximum atomic E-state index is 12.6. The summed E-state index contributed by atoms with van der Waals surface area (Å²) >= 11 is 0. The van der Waals surface area contributed by atoms with Crippen LogP contribution in [0.15, 0.2) is 48.5 Å². The van der Waals surface area contributed by atoms with Crippen LogP contribution in [0, 0.1) is 11.9 Å². The Labute approximate surface area is 87.2 Å². The molecule has 0 saturated carbocycles. The fourth-order valence-electron chi connectivity index (χ4n) is 1.31. The predicted octanol–water partition coefficient (Wildman–Crippen LogP) is 2.86. The minimum absolute atomic E-state index is 0.107. The summed E-state index contributed by atoms with van der Waals surface area (Å²) in [5.74, 6) is -0.447. The van der Waals surface area contributed by atoms with E-state index in [0.29, 0.717) is 11.1 Å². The topological polar surface area (TPSA) is 17.1 Å². The number of carbonyl (C=O) groups excluding carboxylic acids is 1. The van der Waals surface area contributed by atoms with Gasteiger partial charge in [-0.15, -0.1) is 0 Å². The van der Waals surface area contributed by atoms with Gasteiger partial charge < -0.3 is 0 Å². The van der Waals surface area contributed by atoms with Crippen molar-refractivity contribution >= 4 is 5.78 Å². The first-order valence-electron chi connectivity index (χ1n) is 4.54. The van der Waals surface area contributed by atoms with Gasteiger partial charge >= 0.3 is 0 Å². The van der Waals surface area contributed by atoms with Crippen LogP contribution in [0.2, 0.25) is 0 Å². The van der Waals surface area contributed by atoms with Gasteiger partial charge in [0.25, 0.3) is 0 Å². The van der Waals surface area contributed by atoms with Crippen molar-refractivity contribution in [3.05, 3.63) is 71.5 Å². The molecule has 2 aromatic rings. The summed E-state index contributed by atoms with van der Waals surface area (Å²) in [6.07, 6.45) is 0. The van der Waals surface area contributed by atoms with Crippen LogP contribution in [-0.4, -0.2) is 5.78 Å². The second-order valence-electron chi connectivity index (χ2n) is 3.12. The Kier molecular flexibility index (Phi) is 2.59. The van der Waals surface area contributed by atoms with Crippen molar-refractivity contribution < 1.29 is 9.18 Å². The zero-order valence-corrected chi connectivity index (χ0v) is 7.91. The van der Waals surface area contributed by atoms with Crippen LogP contribution in [0.25, 0.3) is 0 Å². The second-order valence-corrected chi connectivity index (χ2v) is 3.12. The first kappa shape index (κ1) is 9.59. The average Bonchev–Trinajstić information content (AvgIpc) is 2.30. The highest BCUT2D eigenvalue weighted by Crippen LogP contribution is 2.09. The minimum Gasteiger partial charge on any atom is -0.289 e. The second kappa shape index (κ2) is 4.05. The predicted molar refractivity (Wildman–Crippen MR) is 55.1 cm³/mol. The maximum Gasteiger partial charge on any atom is 0.193 e. The zero-order valence-electron chi connectivity index (χ0n) is 7.91. The number of hydrogen-bond donors (Lipinski definition) is 0. The molecule has 0 amide bonds. The largest absolute Gasteiger partial charge is 0.289 e. The van der Waals surface area contributed by atoms with E-state index in [-0.39, 0.29) is 11.6 Å². The van der Waals surface area contributed by atoms with Gasteiger partial charge in [-0.1, -0.05) is 24.3 Å². The molecule has 0 atom stereocenters. The summed E-state index contributed by atoms with van der Waals surface area (Å²) in [5, 5.41) is 0. The summed E-state index contributed by atoms with van der Waals surface area (Å²) in [7, 11) is 0. The molecule has 73 valence electrons. The van der Waals surface area contributed by atoms with Crippen LogP contribution in [0.1, 0.15) is 15.9 Å². The highest BCUT2D eigenvalue weighted by Gasteiger charge is 2.07. The third kappa shape index (κ3) is 2.10. The maximum absolute atomic E-state index is 12.6. The molecule has 0 aliphatic rings. The molecule has 0 fully saturated rings. The van der Waals surface area contributed by atoms with Gasteiger partial charge in [0.2, 0.25) is 0 Å². The summed E-state index contributed by atoms with van der Waals surface area (Å²) in [6.45, 7) is 0. The van der Waals surface area contributed by atoms with Crippen LogP contribution in [0.3, 0.4) is 0 Å². The van der Waals surface area contributed by atoms with Crippen molar-refractivity contribution in [2.24, 2.45) is 0 Å². The molecule has 1 nitrogen and oxygen atoms in total. The molecular weight excluding hydrogens is 191 g/mol. The molecule has 0 aliphatic heterocycles. The van der Waals surface area contributed by atoms with Crippen molar-refractivity contribution in [2.75, 3.05) is 0 Å². The molecule has 0 N–H and O–H groups in total. The van der Waals surface area contributed by atoms with Crippen molar-refractivity contribution in [1.82, 2.24) is 0 Å². The molecular formula is C13H8FO. The molecule has 0 saturated heterocycles. The van der Waals surface area contributed by atoms with Gasteiger partial charge in [0.05, 0.1) is 0 Å². The molecule has 1 radical (unpaired) electrons. The normalized spacial score (nSPS) is 9.93. The minimum atomic E-state index is -0.340. The monoisotopic (exact) mass is 199 g/mol. The molecule has 0 unspecified atom stereocenters. The number of halogens is 1. The van der Waals surface area contributed by atoms with Gasteiger partial charge in [-0.25, -0.2) is 4.39 Å². The van der Waals surface area contributed by atoms with E-state index in [1.54, 1.807) is 24.3 Å². The first-order chi connectivity index (χ1) is 7.27. The summed E-state index contributed by atoms with van der Waals surface area (Å²) in [6, 6.07) is 15.1. The molecule has 0 aromatic heterocycles. The van der Waals surface area contributed by atoms with E-state index >= 15 is 0 Å². The highest BCUT2D eigenvalue weighted by atomic mass is 19.1. The van der Waals surface area contributed by atoms with Crippen molar-refractivity contribution in [3.63, 3.8) is 0 Å². The van der Waals surface area contributed by atoms with Gasteiger partial charge in [0, 0.05) is 11.1 Å². The Morgan fingerprint density at radius 1 is 0.933 bits per heavy atom. The van der Waals surface area contributed by atoms with E-state index in [2.05, 4.69) is 6.07 Å². The number of benzene rings is 2. The van der Waals surface area contributed by atoms with E-state index < -0.39 is 0 Å². The Morgan fingerprint density at radius 3 is 2.07 bits per heavy atom. The standard InChI is InChI=1S/C13H8FO/c14-12-8-6-11(7-9-12)13(15)10-4-2-1-3-5-10/h2-9H. The number of carbonyl (C=O) groups is 1. The summed E-state index contributed by atoms with van der Waals surface area (Å²) in [4.78, 5) is 11.8. The highest BCUT2D eigenvalue weighted by molar-refractivity contribution is 6.08. The van der Waals surface area contributed by atoms with Crippen LogP contribution in [0.4, 0.5) is 4.39 Å².